The van der Waals surface area contributed by atoms with Gasteiger partial charge in [-0.25, -0.2) is 4.79 Å². The number of nitrogens with zero attached hydrogens (tertiary/aromatic N) is 2. The van der Waals surface area contributed by atoms with Crippen molar-refractivity contribution in [3.8, 4) is 0 Å². The Bertz CT molecular complexity index is 942. The van der Waals surface area contributed by atoms with Crippen molar-refractivity contribution in [1.82, 2.24) is 10.1 Å². The number of hydrogen-bond acceptors (Lipinski definition) is 5. The van der Waals surface area contributed by atoms with E-state index in [-0.39, 0.29) is 5.04 Å². The second kappa shape index (κ2) is 10.6. The second-order valence-corrected chi connectivity index (χ2v) is 15.5. The summed E-state index contributed by atoms with van der Waals surface area (Å²) in [6, 6.07) is 4.22. The molecule has 1 amide bonds. The van der Waals surface area contributed by atoms with Crippen molar-refractivity contribution in [3.63, 3.8) is 0 Å². The largest absolute Gasteiger partial charge is 0.465 e. The summed E-state index contributed by atoms with van der Waals surface area (Å²) in [5, 5.41) is 14.8. The Morgan fingerprint density at radius 2 is 1.94 bits per heavy atom. The van der Waals surface area contributed by atoms with Gasteiger partial charge in [0.2, 0.25) is 0 Å². The number of carboxylic acid groups (broad SMARTS) is 1. The average Bonchev–Trinajstić information content (AvgIpc) is 3.17. The summed E-state index contributed by atoms with van der Waals surface area (Å²) in [6.45, 7) is 16.2. The van der Waals surface area contributed by atoms with E-state index >= 15 is 0 Å². The fraction of sp³-hybridized carbons (Fsp3) is 0.680. The van der Waals surface area contributed by atoms with Gasteiger partial charge in [-0.2, -0.15) is 0 Å². The van der Waals surface area contributed by atoms with Gasteiger partial charge in [-0.05, 0) is 68.3 Å². The van der Waals surface area contributed by atoms with Crippen molar-refractivity contribution in [3.05, 3.63) is 29.0 Å². The number of likely N-dealkylation sites (tertiary alicyclic amines) is 1. The first kappa shape index (κ1) is 25.7. The molecule has 0 bridgehead atoms. The van der Waals surface area contributed by atoms with Gasteiger partial charge in [-0.15, -0.1) is 0 Å². The van der Waals surface area contributed by atoms with Crippen LogP contribution >= 0.6 is 0 Å². The molecule has 1 aliphatic rings. The Labute approximate surface area is 198 Å². The van der Waals surface area contributed by atoms with Gasteiger partial charge in [-0.1, -0.05) is 32.0 Å². The number of piperidine rings is 1. The molecule has 3 rings (SSSR count). The molecule has 2 heterocycles. The summed E-state index contributed by atoms with van der Waals surface area (Å²) < 4.78 is 18.1. The van der Waals surface area contributed by atoms with E-state index in [1.165, 1.54) is 4.90 Å². The smallest absolute Gasteiger partial charge is 0.407 e. The predicted molar refractivity (Wildman–Crippen MR) is 132 cm³/mol. The molecule has 0 unspecified atom stereocenters. The van der Waals surface area contributed by atoms with Crippen LogP contribution in [0.4, 0.5) is 4.79 Å². The maximum atomic E-state index is 11.1. The average molecular weight is 477 g/mol. The number of rotatable bonds is 9. The number of benzene rings is 1. The molecule has 33 heavy (non-hydrogen) atoms. The van der Waals surface area contributed by atoms with Crippen LogP contribution in [0.1, 0.15) is 63.8 Å². The Balaban J connectivity index is 1.76. The molecule has 1 fully saturated rings. The molecule has 1 aromatic heterocycles. The van der Waals surface area contributed by atoms with Crippen LogP contribution in [0.5, 0.6) is 0 Å². The third kappa shape index (κ3) is 6.16. The van der Waals surface area contributed by atoms with Crippen molar-refractivity contribution < 1.29 is 23.6 Å². The Morgan fingerprint density at radius 1 is 1.24 bits per heavy atom. The van der Waals surface area contributed by atoms with Crippen LogP contribution in [0.25, 0.3) is 11.0 Å². The van der Waals surface area contributed by atoms with Crippen molar-refractivity contribution in [2.45, 2.75) is 84.7 Å². The molecule has 2 aromatic rings. The first-order valence-corrected chi connectivity index (χ1v) is 15.0. The molecule has 0 aliphatic carbocycles. The molecule has 7 nitrogen and oxygen atoms in total. The van der Waals surface area contributed by atoms with Crippen LogP contribution in [-0.2, 0) is 28.8 Å². The zero-order valence-corrected chi connectivity index (χ0v) is 22.1. The minimum atomic E-state index is -1.92. The van der Waals surface area contributed by atoms with Crippen molar-refractivity contribution in [2.75, 3.05) is 19.7 Å². The highest BCUT2D eigenvalue weighted by Crippen LogP contribution is 2.38. The summed E-state index contributed by atoms with van der Waals surface area (Å²) in [6.07, 6.45) is 2.83. The minimum absolute atomic E-state index is 0.129. The Kier molecular flexibility index (Phi) is 8.24. The topological polar surface area (TPSA) is 85.0 Å². The number of amides is 1. The highest BCUT2D eigenvalue weighted by atomic mass is 28.4. The first-order chi connectivity index (χ1) is 15.5. The zero-order valence-electron chi connectivity index (χ0n) is 21.1. The Hall–Kier alpha value is -1.90. The molecular formula is C25H40N2O5Si. The molecule has 1 saturated heterocycles. The third-order valence-corrected chi connectivity index (χ3v) is 11.9. The highest BCUT2D eigenvalue weighted by Gasteiger charge is 2.37. The van der Waals surface area contributed by atoms with Crippen molar-refractivity contribution in [1.29, 1.82) is 0 Å². The lowest BCUT2D eigenvalue weighted by Gasteiger charge is -2.36. The lowest BCUT2D eigenvalue weighted by molar-refractivity contribution is 0.123. The number of aromatic nitrogens is 1. The fourth-order valence-electron chi connectivity index (χ4n) is 4.06. The molecule has 184 valence electrons. The second-order valence-electron chi connectivity index (χ2n) is 10.6. The number of ether oxygens (including phenoxy) is 1. The van der Waals surface area contributed by atoms with E-state index in [9.17, 15) is 4.79 Å². The molecule has 1 N–H and O–H groups in total. The van der Waals surface area contributed by atoms with Gasteiger partial charge < -0.3 is 23.7 Å². The predicted octanol–water partition coefficient (Wildman–Crippen LogP) is 6.21. The number of carbonyl (C=O) groups is 1. The lowest BCUT2D eigenvalue weighted by Crippen LogP contribution is -2.40. The van der Waals surface area contributed by atoms with Crippen LogP contribution in [-0.4, -0.2) is 49.3 Å². The van der Waals surface area contributed by atoms with Gasteiger partial charge in [-0.3, -0.25) is 0 Å². The van der Waals surface area contributed by atoms with E-state index in [4.69, 9.17) is 18.8 Å². The van der Waals surface area contributed by atoms with Gasteiger partial charge in [0.15, 0.2) is 13.9 Å². The van der Waals surface area contributed by atoms with E-state index in [0.29, 0.717) is 38.8 Å². The normalized spacial score (nSPS) is 16.0. The first-order valence-electron chi connectivity index (χ1n) is 12.1. The van der Waals surface area contributed by atoms with Crippen LogP contribution in [0.3, 0.4) is 0 Å². The van der Waals surface area contributed by atoms with Crippen molar-refractivity contribution in [2.24, 2.45) is 5.92 Å². The molecular weight excluding hydrogens is 436 g/mol. The number of hydrogen-bond donors (Lipinski definition) is 1. The lowest BCUT2D eigenvalue weighted by atomic mass is 9.91. The third-order valence-electron chi connectivity index (χ3n) is 7.44. The van der Waals surface area contributed by atoms with Crippen molar-refractivity contribution >= 4 is 25.4 Å². The monoisotopic (exact) mass is 476 g/mol. The van der Waals surface area contributed by atoms with Crippen LogP contribution < -0.4 is 0 Å². The summed E-state index contributed by atoms with van der Waals surface area (Å²) in [7, 11) is -1.92. The van der Waals surface area contributed by atoms with E-state index in [1.54, 1.807) is 0 Å². The zero-order chi connectivity index (χ0) is 24.2. The molecule has 0 saturated carbocycles. The standard InChI is InChI=1S/C25H40N2O5Si/c1-7-30-16-19-9-10-20-22(11-8-18-12-14-27(15-13-18)24(28)29)26-32-23(20)21(19)17-31-33(5,6)25(2,3)4/h9-10,18H,7-8,11-17H2,1-6H3,(H,28,29). The SMILES string of the molecule is CCOCc1ccc2c(CCC3CCN(C(=O)O)CC3)noc2c1CO[Si](C)(C)C(C)(C)C. The number of aryl methyl sites for hydroxylation is 1. The number of fused-ring (bicyclic) bond motifs is 1. The van der Waals surface area contributed by atoms with E-state index in [0.717, 1.165) is 53.5 Å². The fourth-order valence-corrected chi connectivity index (χ4v) is 5.00. The van der Waals surface area contributed by atoms with Crippen LogP contribution in [0.15, 0.2) is 16.7 Å². The highest BCUT2D eigenvalue weighted by molar-refractivity contribution is 6.74. The molecule has 1 aliphatic heterocycles. The van der Waals surface area contributed by atoms with Crippen LogP contribution in [0, 0.1) is 5.92 Å². The Morgan fingerprint density at radius 3 is 2.55 bits per heavy atom. The molecule has 0 radical (unpaired) electrons. The molecule has 8 heteroatoms. The maximum absolute atomic E-state index is 11.1. The summed E-state index contributed by atoms with van der Waals surface area (Å²) >= 11 is 0. The summed E-state index contributed by atoms with van der Waals surface area (Å²) in [5.41, 5.74) is 3.91. The molecule has 0 atom stereocenters. The van der Waals surface area contributed by atoms with E-state index < -0.39 is 14.4 Å². The van der Waals surface area contributed by atoms with Gasteiger partial charge in [0.05, 0.1) is 18.9 Å². The molecule has 0 spiro atoms. The van der Waals surface area contributed by atoms with Gasteiger partial charge in [0.25, 0.3) is 0 Å². The van der Waals surface area contributed by atoms with Crippen LogP contribution in [0.2, 0.25) is 18.1 Å². The summed E-state index contributed by atoms with van der Waals surface area (Å²) in [4.78, 5) is 12.6. The van der Waals surface area contributed by atoms with E-state index in [1.807, 2.05) is 6.92 Å². The summed E-state index contributed by atoms with van der Waals surface area (Å²) in [5.74, 6) is 0.519. The van der Waals surface area contributed by atoms with Gasteiger partial charge in [0, 0.05) is 30.6 Å². The van der Waals surface area contributed by atoms with Gasteiger partial charge >= 0.3 is 6.09 Å². The molecule has 1 aromatic carbocycles. The van der Waals surface area contributed by atoms with E-state index in [2.05, 4.69) is 51.2 Å². The van der Waals surface area contributed by atoms with Gasteiger partial charge in [0.1, 0.15) is 0 Å². The quantitative estimate of drug-likeness (QED) is 0.433. The maximum Gasteiger partial charge on any atom is 0.407 e. The minimum Gasteiger partial charge on any atom is -0.465 e.